The average molecular weight is 320 g/mol. The van der Waals surface area contributed by atoms with E-state index < -0.39 is 11.0 Å². The van der Waals surface area contributed by atoms with Crippen molar-refractivity contribution < 1.29 is 8.95 Å². The highest BCUT2D eigenvalue weighted by atomic mass is 32.2. The van der Waals surface area contributed by atoms with Gasteiger partial charge < -0.3 is 4.74 Å². The molecule has 1 aliphatic rings. The number of aromatic nitrogens is 1. The van der Waals surface area contributed by atoms with E-state index in [2.05, 4.69) is 9.38 Å². The summed E-state index contributed by atoms with van der Waals surface area (Å²) in [5.41, 5.74) is 4.78. The van der Waals surface area contributed by atoms with Crippen molar-refractivity contribution >= 4 is 28.5 Å². The van der Waals surface area contributed by atoms with Crippen LogP contribution in [0.5, 0.6) is 5.75 Å². The minimum atomic E-state index is -1.25. The van der Waals surface area contributed by atoms with Gasteiger partial charge in [-0.25, -0.2) is 9.19 Å². The standard InChI is InChI=1S/C15H16N2O2S2/c1-15(2,3)21(18)17-7-10-4-5-11-13(6-10)19-8-12-14(11)20-9-16-12/h4-7,9H,8H2,1-3H3/b17-7+. The van der Waals surface area contributed by atoms with Gasteiger partial charge in [-0.05, 0) is 38.5 Å². The van der Waals surface area contributed by atoms with E-state index in [1.807, 2.05) is 44.5 Å². The maximum absolute atomic E-state index is 11.9. The highest BCUT2D eigenvalue weighted by Crippen LogP contribution is 2.39. The summed E-state index contributed by atoms with van der Waals surface area (Å²) in [5, 5.41) is 0. The monoisotopic (exact) mass is 320 g/mol. The second kappa shape index (κ2) is 5.35. The Morgan fingerprint density at radius 3 is 3.00 bits per heavy atom. The van der Waals surface area contributed by atoms with E-state index in [1.54, 1.807) is 17.6 Å². The number of hydrogen-bond acceptors (Lipinski definition) is 4. The molecule has 1 aromatic heterocycles. The van der Waals surface area contributed by atoms with Gasteiger partial charge >= 0.3 is 0 Å². The maximum Gasteiger partial charge on any atom is 0.144 e. The van der Waals surface area contributed by atoms with Crippen LogP contribution >= 0.6 is 11.3 Å². The molecule has 2 heterocycles. The van der Waals surface area contributed by atoms with Gasteiger partial charge in [0, 0.05) is 11.8 Å². The Bertz CT molecular complexity index is 730. The van der Waals surface area contributed by atoms with Crippen molar-refractivity contribution in [1.29, 1.82) is 0 Å². The summed E-state index contributed by atoms with van der Waals surface area (Å²) in [6.45, 7) is 6.21. The quantitative estimate of drug-likeness (QED) is 0.795. The van der Waals surface area contributed by atoms with Crippen molar-refractivity contribution in [2.24, 2.45) is 4.40 Å². The van der Waals surface area contributed by atoms with Crippen molar-refractivity contribution in [3.63, 3.8) is 0 Å². The predicted molar refractivity (Wildman–Crippen MR) is 87.4 cm³/mol. The Kier molecular flexibility index (Phi) is 3.67. The van der Waals surface area contributed by atoms with Gasteiger partial charge in [0.25, 0.3) is 0 Å². The summed E-state index contributed by atoms with van der Waals surface area (Å²) in [6, 6.07) is 5.90. The van der Waals surface area contributed by atoms with Crippen LogP contribution in [0.2, 0.25) is 0 Å². The van der Waals surface area contributed by atoms with Crippen LogP contribution in [0.15, 0.2) is 28.1 Å². The molecular weight excluding hydrogens is 304 g/mol. The van der Waals surface area contributed by atoms with Crippen molar-refractivity contribution in [3.8, 4) is 16.2 Å². The molecule has 6 heteroatoms. The average Bonchev–Trinajstić information content (AvgIpc) is 2.92. The van der Waals surface area contributed by atoms with E-state index in [0.29, 0.717) is 6.61 Å². The minimum absolute atomic E-state index is 0.348. The summed E-state index contributed by atoms with van der Waals surface area (Å²) in [6.07, 6.45) is 1.65. The van der Waals surface area contributed by atoms with Gasteiger partial charge in [-0.15, -0.1) is 11.3 Å². The van der Waals surface area contributed by atoms with Crippen LogP contribution in [0.1, 0.15) is 32.0 Å². The molecule has 0 fully saturated rings. The molecule has 110 valence electrons. The van der Waals surface area contributed by atoms with Crippen LogP contribution < -0.4 is 4.74 Å². The van der Waals surface area contributed by atoms with Gasteiger partial charge in [0.15, 0.2) is 0 Å². The first-order valence-electron chi connectivity index (χ1n) is 6.61. The number of nitrogens with zero attached hydrogens (tertiary/aromatic N) is 2. The third kappa shape index (κ3) is 2.91. The zero-order valence-corrected chi connectivity index (χ0v) is 13.8. The highest BCUT2D eigenvalue weighted by molar-refractivity contribution is 7.85. The van der Waals surface area contributed by atoms with E-state index in [4.69, 9.17) is 4.74 Å². The van der Waals surface area contributed by atoms with E-state index >= 15 is 0 Å². The molecule has 4 nitrogen and oxygen atoms in total. The van der Waals surface area contributed by atoms with Crippen LogP contribution in [0, 0.1) is 0 Å². The lowest BCUT2D eigenvalue weighted by Gasteiger charge is -2.17. The molecule has 21 heavy (non-hydrogen) atoms. The smallest absolute Gasteiger partial charge is 0.144 e. The maximum atomic E-state index is 11.9. The fraction of sp³-hybridized carbons (Fsp3) is 0.333. The molecule has 1 atom stereocenters. The molecule has 0 saturated heterocycles. The Balaban J connectivity index is 1.89. The van der Waals surface area contributed by atoms with Crippen LogP contribution in [-0.2, 0) is 17.6 Å². The molecule has 0 spiro atoms. The number of benzene rings is 1. The van der Waals surface area contributed by atoms with E-state index in [9.17, 15) is 4.21 Å². The first kappa shape index (κ1) is 14.4. The Hall–Kier alpha value is -1.53. The second-order valence-electron chi connectivity index (χ2n) is 5.77. The fourth-order valence-corrected chi connectivity index (χ4v) is 3.29. The number of hydrogen-bond donors (Lipinski definition) is 0. The third-order valence-electron chi connectivity index (χ3n) is 3.08. The summed E-state index contributed by atoms with van der Waals surface area (Å²) in [7, 11) is -1.25. The van der Waals surface area contributed by atoms with Crippen LogP contribution in [0.3, 0.4) is 0 Å². The molecule has 1 aliphatic heterocycles. The van der Waals surface area contributed by atoms with Crippen LogP contribution in [-0.4, -0.2) is 20.2 Å². The molecule has 0 N–H and O–H groups in total. The Labute approximate surface area is 130 Å². The van der Waals surface area contributed by atoms with Gasteiger partial charge in [-0.3, -0.25) is 0 Å². The molecule has 3 rings (SSSR count). The normalized spacial score (nSPS) is 15.4. The first-order valence-corrected chi connectivity index (χ1v) is 8.59. The zero-order valence-electron chi connectivity index (χ0n) is 12.1. The highest BCUT2D eigenvalue weighted by Gasteiger charge is 2.20. The lowest BCUT2D eigenvalue weighted by Crippen LogP contribution is -2.19. The van der Waals surface area contributed by atoms with Gasteiger partial charge in [0.1, 0.15) is 23.3 Å². The number of fused-ring (bicyclic) bond motifs is 3. The summed E-state index contributed by atoms with van der Waals surface area (Å²) in [5.74, 6) is 0.831. The largest absolute Gasteiger partial charge is 0.487 e. The molecule has 1 unspecified atom stereocenters. The minimum Gasteiger partial charge on any atom is -0.487 e. The van der Waals surface area contributed by atoms with Crippen LogP contribution in [0.25, 0.3) is 10.4 Å². The van der Waals surface area contributed by atoms with E-state index in [1.165, 1.54) is 0 Å². The second-order valence-corrected chi connectivity index (χ2v) is 8.56. The van der Waals surface area contributed by atoms with Crippen molar-refractivity contribution in [2.75, 3.05) is 0 Å². The molecule has 0 radical (unpaired) electrons. The summed E-state index contributed by atoms with van der Waals surface area (Å²) in [4.78, 5) is 5.46. The molecule has 0 aliphatic carbocycles. The fourth-order valence-electron chi connectivity index (χ4n) is 1.93. The number of rotatable bonds is 2. The van der Waals surface area contributed by atoms with Crippen molar-refractivity contribution in [2.45, 2.75) is 32.1 Å². The van der Waals surface area contributed by atoms with Crippen LogP contribution in [0.4, 0.5) is 0 Å². The Morgan fingerprint density at radius 1 is 1.43 bits per heavy atom. The molecule has 0 amide bonds. The SMILES string of the molecule is CC(C)(C)S(=O)/N=C/c1ccc2c(c1)OCc1ncsc1-2. The predicted octanol–water partition coefficient (Wildman–Crippen LogP) is 3.58. The van der Waals surface area contributed by atoms with Crippen molar-refractivity contribution in [1.82, 2.24) is 4.98 Å². The molecular formula is C15H16N2O2S2. The van der Waals surface area contributed by atoms with Gasteiger partial charge in [0.05, 0.1) is 20.8 Å². The van der Waals surface area contributed by atoms with Gasteiger partial charge in [-0.1, -0.05) is 6.07 Å². The zero-order chi connectivity index (χ0) is 15.0. The van der Waals surface area contributed by atoms with E-state index in [0.717, 1.165) is 27.4 Å². The van der Waals surface area contributed by atoms with E-state index in [-0.39, 0.29) is 4.75 Å². The van der Waals surface area contributed by atoms with Crippen molar-refractivity contribution in [3.05, 3.63) is 35.0 Å². The molecule has 0 bridgehead atoms. The third-order valence-corrected chi connectivity index (χ3v) is 5.32. The molecule has 2 aromatic rings. The first-order chi connectivity index (χ1) is 9.95. The number of ether oxygens (including phenoxy) is 1. The summed E-state index contributed by atoms with van der Waals surface area (Å²) < 4.78 is 21.4. The topological polar surface area (TPSA) is 51.5 Å². The summed E-state index contributed by atoms with van der Waals surface area (Å²) >= 11 is 1.62. The molecule has 1 aromatic carbocycles. The van der Waals surface area contributed by atoms with Gasteiger partial charge in [-0.2, -0.15) is 4.40 Å². The number of thiazole rings is 1. The molecule has 0 saturated carbocycles. The lowest BCUT2D eigenvalue weighted by atomic mass is 10.1. The van der Waals surface area contributed by atoms with Gasteiger partial charge in [0.2, 0.25) is 0 Å². The Morgan fingerprint density at radius 2 is 2.24 bits per heavy atom. The lowest BCUT2D eigenvalue weighted by molar-refractivity contribution is 0.298.